The number of aliphatic carboxylic acids is 3. The van der Waals surface area contributed by atoms with E-state index >= 15 is 0 Å². The maximum atomic E-state index is 13.4. The van der Waals surface area contributed by atoms with Gasteiger partial charge in [-0.05, 0) is 26.6 Å². The summed E-state index contributed by atoms with van der Waals surface area (Å²) in [6, 6.07) is -7.58. The van der Waals surface area contributed by atoms with Crippen molar-refractivity contribution in [1.82, 2.24) is 76.9 Å². The Balaban J connectivity index is 0.000000653. The maximum Gasteiger partial charge on any atom is 0.397 e. The van der Waals surface area contributed by atoms with Crippen LogP contribution in [0.15, 0.2) is 18.6 Å². The van der Waals surface area contributed by atoms with E-state index in [1.807, 2.05) is 0 Å². The van der Waals surface area contributed by atoms with Crippen LogP contribution < -0.4 is 31.9 Å². The third kappa shape index (κ3) is 27.7. The van der Waals surface area contributed by atoms with Crippen LogP contribution in [0.3, 0.4) is 0 Å². The molecule has 37 nitrogen and oxygen atoms in total. The van der Waals surface area contributed by atoms with Crippen LogP contribution in [-0.2, 0) is 116 Å². The van der Waals surface area contributed by atoms with Crippen LogP contribution in [0, 0.1) is 0 Å². The fourth-order valence-corrected chi connectivity index (χ4v) is 7.95. The fraction of sp³-hybridized carbons (Fsp3) is 0.629. The van der Waals surface area contributed by atoms with Gasteiger partial charge in [-0.15, -0.1) is 15.3 Å². The molecule has 6 atom stereocenters. The van der Waals surface area contributed by atoms with Crippen LogP contribution in [0.4, 0.5) is 0 Å². The molecule has 3 aromatic heterocycles. The molecule has 0 fully saturated rings. The summed E-state index contributed by atoms with van der Waals surface area (Å²) in [6.07, 6.45) is 6.02. The summed E-state index contributed by atoms with van der Waals surface area (Å²) in [5, 5.41) is 65.6. The number of hydrogen-bond donors (Lipinski definition) is 12. The Morgan fingerprint density at radius 2 is 0.792 bits per heavy atom. The molecule has 0 aliphatic carbocycles. The van der Waals surface area contributed by atoms with E-state index in [4.69, 9.17) is 18.8 Å². The maximum absolute atomic E-state index is 13.4. The number of likely N-dealkylation sites (N-methyl/N-ethyl adjacent to an activating group) is 2. The molecule has 0 saturated heterocycles. The highest BCUT2D eigenvalue weighted by molar-refractivity contribution is 7.98. The SMILES string of the molecule is CN[C@@H](Cc1cn(CCOS(=O)(=O)O)nn1)C(=O)N[C@@H](CC(=O)O)C(=O)N[C@@H](Cc1cn(CCOS(=O)(=O)O)nn1)C(=O)N[C@@H](CSC)C(=O)O.CN[C@@H](Cc1cn(CCOS(=O)(=O)O)nn1)C(=O)N[C@H](CSC)C(=O)O. The van der Waals surface area contributed by atoms with Crippen molar-refractivity contribution in [2.75, 3.05) is 57.9 Å². The predicted molar refractivity (Wildman–Crippen MR) is 261 cm³/mol. The summed E-state index contributed by atoms with van der Waals surface area (Å²) in [5.41, 5.74) is 0.678. The zero-order chi connectivity index (χ0) is 58.1. The number of aromatic nitrogens is 9. The number of carbonyl (C=O) groups excluding carboxylic acids is 4. The molecule has 0 unspecified atom stereocenters. The van der Waals surface area contributed by atoms with Crippen molar-refractivity contribution in [3.05, 3.63) is 35.7 Å². The third-order valence-electron chi connectivity index (χ3n) is 9.53. The molecule has 4 amide bonds. The molecule has 0 aliphatic heterocycles. The summed E-state index contributed by atoms with van der Waals surface area (Å²) >= 11 is 2.41. The fourth-order valence-electron chi connectivity index (χ4n) is 5.98. The lowest BCUT2D eigenvalue weighted by Gasteiger charge is -2.24. The second-order valence-electron chi connectivity index (χ2n) is 15.4. The molecule has 12 N–H and O–H groups in total. The van der Waals surface area contributed by atoms with Gasteiger partial charge < -0.3 is 47.2 Å². The molecule has 0 aromatic carbocycles. The van der Waals surface area contributed by atoms with Crippen molar-refractivity contribution in [2.24, 2.45) is 0 Å². The number of hydrogen-bond acceptors (Lipinski definition) is 26. The zero-order valence-corrected chi connectivity index (χ0v) is 45.0. The quantitative estimate of drug-likeness (QED) is 0.0241. The molecule has 77 heavy (non-hydrogen) atoms. The first-order valence-corrected chi connectivity index (χ1v) is 28.6. The monoisotopic (exact) mass is 1200 g/mol. The van der Waals surface area contributed by atoms with E-state index in [1.165, 1.54) is 42.1 Å². The molecule has 0 aliphatic rings. The van der Waals surface area contributed by atoms with Crippen LogP contribution in [0.1, 0.15) is 23.5 Å². The lowest BCUT2D eigenvalue weighted by atomic mass is 10.1. The van der Waals surface area contributed by atoms with Gasteiger partial charge in [-0.3, -0.25) is 37.6 Å². The number of rotatable bonds is 36. The Morgan fingerprint density at radius 3 is 1.08 bits per heavy atom. The molecular formula is C35H57N15O22S5. The van der Waals surface area contributed by atoms with Gasteiger partial charge in [0.15, 0.2) is 0 Å². The number of nitrogens with one attached hydrogen (secondary N) is 6. The summed E-state index contributed by atoms with van der Waals surface area (Å²) in [7, 11) is -11.0. The zero-order valence-electron chi connectivity index (χ0n) is 41.0. The first kappa shape index (κ1) is 67.1. The average Bonchev–Trinajstić information content (AvgIpc) is 4.09. The van der Waals surface area contributed by atoms with Crippen LogP contribution in [0.2, 0.25) is 0 Å². The summed E-state index contributed by atoms with van der Waals surface area (Å²) < 4.78 is 106. The highest BCUT2D eigenvalue weighted by Crippen LogP contribution is 2.08. The average molecular weight is 1200 g/mol. The Hall–Kier alpha value is -6.06. The van der Waals surface area contributed by atoms with Gasteiger partial charge in [0.25, 0.3) is 0 Å². The van der Waals surface area contributed by atoms with Gasteiger partial charge in [-0.1, -0.05) is 15.6 Å². The molecule has 3 rings (SSSR count). The highest BCUT2D eigenvalue weighted by Gasteiger charge is 2.33. The van der Waals surface area contributed by atoms with Gasteiger partial charge >= 0.3 is 49.1 Å². The van der Waals surface area contributed by atoms with Crippen molar-refractivity contribution in [2.45, 2.75) is 81.6 Å². The minimum atomic E-state index is -4.73. The smallest absolute Gasteiger partial charge is 0.397 e. The van der Waals surface area contributed by atoms with Crippen molar-refractivity contribution < 1.29 is 100 Å². The van der Waals surface area contributed by atoms with Gasteiger partial charge in [0.2, 0.25) is 23.6 Å². The largest absolute Gasteiger partial charge is 0.481 e. The number of carbonyl (C=O) groups is 7. The number of thioether (sulfide) groups is 2. The third-order valence-corrected chi connectivity index (χ3v) is 12.3. The summed E-state index contributed by atoms with van der Waals surface area (Å²) in [6.45, 7) is -1.66. The van der Waals surface area contributed by atoms with Gasteiger partial charge in [0.1, 0.15) is 24.2 Å². The van der Waals surface area contributed by atoms with E-state index < -0.39 is 135 Å². The van der Waals surface area contributed by atoms with Gasteiger partial charge in [0.05, 0.1) is 75.0 Å². The Labute approximate surface area is 446 Å². The molecule has 0 bridgehead atoms. The Morgan fingerprint density at radius 1 is 0.506 bits per heavy atom. The van der Waals surface area contributed by atoms with E-state index in [1.54, 1.807) is 19.6 Å². The van der Waals surface area contributed by atoms with Crippen LogP contribution in [0.5, 0.6) is 0 Å². The minimum absolute atomic E-state index is 0.0258. The molecular weight excluding hydrogens is 1140 g/mol. The van der Waals surface area contributed by atoms with E-state index in [9.17, 15) is 69.0 Å². The van der Waals surface area contributed by atoms with Gasteiger partial charge in [-0.25, -0.2) is 36.2 Å². The topological polar surface area (TPSA) is 535 Å². The Bertz CT molecular complexity index is 2780. The van der Waals surface area contributed by atoms with Crippen molar-refractivity contribution in [3.8, 4) is 0 Å². The van der Waals surface area contributed by atoms with Crippen molar-refractivity contribution in [3.63, 3.8) is 0 Å². The lowest BCUT2D eigenvalue weighted by molar-refractivity contribution is -0.142. The van der Waals surface area contributed by atoms with E-state index in [0.717, 1.165) is 21.1 Å². The normalized spacial score (nSPS) is 14.1. The summed E-state index contributed by atoms with van der Waals surface area (Å²) in [4.78, 5) is 86.5. The standard InChI is InChI=1S/C23H36N10O15S3.C12H21N5O7S2/c1-24-15(7-13-10-32(30-28-13)3-5-47-50(41,42)43)20(36)26-17(9-19(34)35)22(38)25-16(21(37)27-18(12-49-2)23(39)40)8-14-11-33(31-29-14)4-6-48-51(44,45)46;1-13-9(11(18)14-10(7-25-2)12(19)20)5-8-6-17(16-15-8)3-4-24-26(21,22)23/h10-11,15-18,24H,3-9,12H2,1-2H3,(H,25,38)(H,26,36)(H,27,37)(H,34,35)(H,39,40)(H,41,42,43)(H,44,45,46);6,9-10,13H,3-5,7H2,1-2H3,(H,14,18)(H,19,20)(H,21,22,23)/t15-,16-,17-,18-;9-,10+/m00/s1. The van der Waals surface area contributed by atoms with Gasteiger partial charge in [0, 0.05) is 49.4 Å². The number of nitrogens with zero attached hydrogens (tertiary/aromatic N) is 9. The first-order valence-electron chi connectivity index (χ1n) is 21.7. The van der Waals surface area contributed by atoms with E-state index in [-0.39, 0.29) is 62.0 Å². The van der Waals surface area contributed by atoms with Crippen LogP contribution in [-0.4, -0.2) is 235 Å². The summed E-state index contributed by atoms with van der Waals surface area (Å²) in [5.74, 6) is -7.33. The lowest BCUT2D eigenvalue weighted by Crippen LogP contribution is -2.58. The van der Waals surface area contributed by atoms with Crippen LogP contribution in [0.25, 0.3) is 0 Å². The second kappa shape index (κ2) is 32.6. The molecule has 0 saturated carbocycles. The first-order chi connectivity index (χ1) is 36.0. The Kier molecular flexibility index (Phi) is 28.4. The number of carboxylic acids is 3. The van der Waals surface area contributed by atoms with Crippen LogP contribution >= 0.6 is 23.5 Å². The molecule has 0 spiro atoms. The second-order valence-corrected chi connectivity index (χ2v) is 20.5. The number of amides is 4. The molecule has 42 heteroatoms. The molecule has 3 heterocycles. The molecule has 0 radical (unpaired) electrons. The molecule has 434 valence electrons. The highest BCUT2D eigenvalue weighted by atomic mass is 32.3. The van der Waals surface area contributed by atoms with Crippen molar-refractivity contribution >= 4 is 96.3 Å². The van der Waals surface area contributed by atoms with E-state index in [2.05, 4.69) is 75.4 Å². The van der Waals surface area contributed by atoms with Gasteiger partial charge in [-0.2, -0.15) is 48.8 Å². The number of carboxylic acid groups (broad SMARTS) is 3. The minimum Gasteiger partial charge on any atom is -0.481 e. The predicted octanol–water partition coefficient (Wildman–Crippen LogP) is -6.58. The van der Waals surface area contributed by atoms with Crippen molar-refractivity contribution in [1.29, 1.82) is 0 Å². The van der Waals surface area contributed by atoms with E-state index in [0.29, 0.717) is 5.69 Å². The molecule has 3 aromatic rings.